The first-order valence-corrected chi connectivity index (χ1v) is 5.48. The maximum Gasteiger partial charge on any atom is 0.250 e. The van der Waals surface area contributed by atoms with Crippen LogP contribution in [0.2, 0.25) is 0 Å². The van der Waals surface area contributed by atoms with E-state index in [9.17, 15) is 13.6 Å². The van der Waals surface area contributed by atoms with Crippen LogP contribution in [-0.2, 0) is 0 Å². The highest BCUT2D eigenvalue weighted by Crippen LogP contribution is 2.36. The Morgan fingerprint density at radius 3 is 2.83 bits per heavy atom. The van der Waals surface area contributed by atoms with E-state index in [4.69, 9.17) is 5.84 Å². The van der Waals surface area contributed by atoms with Gasteiger partial charge in [-0.1, -0.05) is 0 Å². The maximum absolute atomic E-state index is 13.0. The summed E-state index contributed by atoms with van der Waals surface area (Å²) in [7, 11) is 0. The van der Waals surface area contributed by atoms with Gasteiger partial charge < -0.3 is 5.32 Å². The monoisotopic (exact) mass is 257 g/mol. The molecular formula is C10H13F2N5O. The van der Waals surface area contributed by atoms with Crippen LogP contribution in [0, 0.1) is 0 Å². The number of anilines is 2. The van der Waals surface area contributed by atoms with E-state index in [-0.39, 0.29) is 30.5 Å². The number of nitrogens with two attached hydrogens (primary N) is 1. The third kappa shape index (κ3) is 2.89. The van der Waals surface area contributed by atoms with Gasteiger partial charge in [0.1, 0.15) is 11.5 Å². The molecule has 1 unspecified atom stereocenters. The van der Waals surface area contributed by atoms with Crippen molar-refractivity contribution >= 4 is 18.1 Å². The van der Waals surface area contributed by atoms with Crippen molar-refractivity contribution in [2.75, 3.05) is 10.7 Å². The van der Waals surface area contributed by atoms with Gasteiger partial charge in [-0.05, 0) is 6.42 Å². The Balaban J connectivity index is 2.11. The van der Waals surface area contributed by atoms with E-state index in [1.807, 2.05) is 0 Å². The lowest BCUT2D eigenvalue weighted by atomic mass is 10.2. The molecule has 98 valence electrons. The molecule has 1 aliphatic carbocycles. The number of hydrogen-bond acceptors (Lipinski definition) is 6. The normalized spacial score (nSPS) is 21.6. The fraction of sp³-hybridized carbons (Fsp3) is 0.500. The number of nitrogens with zero attached hydrogens (tertiary/aromatic N) is 2. The molecule has 6 nitrogen and oxygen atoms in total. The van der Waals surface area contributed by atoms with Gasteiger partial charge in [0, 0.05) is 24.9 Å². The number of alkyl halides is 2. The molecule has 0 spiro atoms. The van der Waals surface area contributed by atoms with E-state index in [1.165, 1.54) is 6.07 Å². The lowest BCUT2D eigenvalue weighted by Crippen LogP contribution is -2.21. The number of aromatic nitrogens is 2. The first-order valence-electron chi connectivity index (χ1n) is 5.48. The number of hydrogen-bond donors (Lipinski definition) is 3. The molecule has 1 fully saturated rings. The Kier molecular flexibility index (Phi) is 3.37. The van der Waals surface area contributed by atoms with Crippen molar-refractivity contribution < 1.29 is 13.6 Å². The minimum absolute atomic E-state index is 0.0619. The van der Waals surface area contributed by atoms with Crippen LogP contribution in [0.5, 0.6) is 0 Å². The maximum atomic E-state index is 13.0. The topological polar surface area (TPSA) is 92.9 Å². The second-order valence-electron chi connectivity index (χ2n) is 4.20. The molecule has 18 heavy (non-hydrogen) atoms. The van der Waals surface area contributed by atoms with Crippen molar-refractivity contribution in [1.29, 1.82) is 0 Å². The molecule has 1 saturated carbocycles. The summed E-state index contributed by atoms with van der Waals surface area (Å²) in [6, 6.07) is 1.03. The summed E-state index contributed by atoms with van der Waals surface area (Å²) in [6.07, 6.45) is 0.521. The summed E-state index contributed by atoms with van der Waals surface area (Å²) in [5.41, 5.74) is 2.34. The Morgan fingerprint density at radius 1 is 1.50 bits per heavy atom. The number of rotatable bonds is 4. The zero-order valence-corrected chi connectivity index (χ0v) is 9.49. The Hall–Kier alpha value is -1.83. The second kappa shape index (κ2) is 4.81. The highest BCUT2D eigenvalue weighted by atomic mass is 19.3. The molecule has 0 amide bonds. The molecule has 1 aromatic rings. The van der Waals surface area contributed by atoms with E-state index >= 15 is 0 Å². The minimum Gasteiger partial charge on any atom is -0.367 e. The lowest BCUT2D eigenvalue weighted by Gasteiger charge is -2.14. The molecule has 1 heterocycles. The van der Waals surface area contributed by atoms with E-state index in [0.29, 0.717) is 18.5 Å². The third-order valence-electron chi connectivity index (χ3n) is 2.75. The predicted molar refractivity (Wildman–Crippen MR) is 61.4 cm³/mol. The number of nitrogens with one attached hydrogen (secondary N) is 2. The second-order valence-corrected chi connectivity index (χ2v) is 4.20. The smallest absolute Gasteiger partial charge is 0.250 e. The van der Waals surface area contributed by atoms with E-state index in [2.05, 4.69) is 20.7 Å². The van der Waals surface area contributed by atoms with Crippen molar-refractivity contribution in [1.82, 2.24) is 9.97 Å². The van der Waals surface area contributed by atoms with E-state index in [1.54, 1.807) is 0 Å². The summed E-state index contributed by atoms with van der Waals surface area (Å²) in [6.45, 7) is 0. The van der Waals surface area contributed by atoms with Gasteiger partial charge in [-0.2, -0.15) is 4.98 Å². The van der Waals surface area contributed by atoms with Crippen LogP contribution in [0.3, 0.4) is 0 Å². The van der Waals surface area contributed by atoms with Crippen molar-refractivity contribution in [3.8, 4) is 0 Å². The third-order valence-corrected chi connectivity index (χ3v) is 2.75. The molecule has 1 aliphatic rings. The van der Waals surface area contributed by atoms with Gasteiger partial charge >= 0.3 is 0 Å². The zero-order chi connectivity index (χ0) is 13.2. The lowest BCUT2D eigenvalue weighted by molar-refractivity contribution is 0.00851. The molecule has 1 aromatic heterocycles. The molecule has 1 atom stereocenters. The van der Waals surface area contributed by atoms with Crippen molar-refractivity contribution in [3.05, 3.63) is 11.8 Å². The van der Waals surface area contributed by atoms with Gasteiger partial charge in [0.2, 0.25) is 11.9 Å². The van der Waals surface area contributed by atoms with Crippen LogP contribution < -0.4 is 16.6 Å². The quantitative estimate of drug-likeness (QED) is 0.426. The van der Waals surface area contributed by atoms with Gasteiger partial charge in [-0.25, -0.2) is 19.6 Å². The molecule has 8 heteroatoms. The van der Waals surface area contributed by atoms with Crippen LogP contribution in [-0.4, -0.2) is 28.2 Å². The molecule has 2 rings (SSSR count). The SMILES string of the molecule is NNc1nc(C=O)cc(NC2CCC(F)(F)C2)n1. The fourth-order valence-corrected chi connectivity index (χ4v) is 1.95. The number of nitrogen functional groups attached to an aromatic ring is 1. The van der Waals surface area contributed by atoms with Gasteiger partial charge in [-0.3, -0.25) is 10.2 Å². The molecule has 0 saturated heterocycles. The summed E-state index contributed by atoms with van der Waals surface area (Å²) in [5.74, 6) is 2.89. The van der Waals surface area contributed by atoms with Gasteiger partial charge in [0.15, 0.2) is 6.29 Å². The first kappa shape index (κ1) is 12.6. The molecule has 4 N–H and O–H groups in total. The zero-order valence-electron chi connectivity index (χ0n) is 9.49. The van der Waals surface area contributed by atoms with E-state index in [0.717, 1.165) is 0 Å². The highest BCUT2D eigenvalue weighted by molar-refractivity contribution is 5.74. The summed E-state index contributed by atoms with van der Waals surface area (Å²) >= 11 is 0. The number of carbonyl (C=O) groups excluding carboxylic acids is 1. The Bertz CT molecular complexity index is 454. The predicted octanol–water partition coefficient (Wildman–Crippen LogP) is 1.17. The van der Waals surface area contributed by atoms with Gasteiger partial charge in [0.05, 0.1) is 0 Å². The summed E-state index contributed by atoms with van der Waals surface area (Å²) < 4.78 is 26.1. The molecule has 0 aliphatic heterocycles. The highest BCUT2D eigenvalue weighted by Gasteiger charge is 2.39. The molecular weight excluding hydrogens is 244 g/mol. The van der Waals surface area contributed by atoms with Crippen LogP contribution in [0.15, 0.2) is 6.07 Å². The number of aldehydes is 1. The first-order chi connectivity index (χ1) is 8.52. The Labute approximate surface area is 102 Å². The largest absolute Gasteiger partial charge is 0.367 e. The summed E-state index contributed by atoms with van der Waals surface area (Å²) in [5, 5.41) is 2.86. The van der Waals surface area contributed by atoms with Crippen LogP contribution in [0.4, 0.5) is 20.5 Å². The Morgan fingerprint density at radius 2 is 2.28 bits per heavy atom. The van der Waals surface area contributed by atoms with Gasteiger partial charge in [0.25, 0.3) is 0 Å². The van der Waals surface area contributed by atoms with Crippen molar-refractivity contribution in [3.63, 3.8) is 0 Å². The van der Waals surface area contributed by atoms with Crippen molar-refractivity contribution in [2.45, 2.75) is 31.2 Å². The van der Waals surface area contributed by atoms with Crippen LogP contribution >= 0.6 is 0 Å². The van der Waals surface area contributed by atoms with Crippen LogP contribution in [0.1, 0.15) is 29.8 Å². The fourth-order valence-electron chi connectivity index (χ4n) is 1.95. The standard InChI is InChI=1S/C10H13F2N5O/c11-10(12)2-1-6(4-10)14-8-3-7(5-18)15-9(16-8)17-13/h3,5-6H,1-2,4,13H2,(H2,14,15,16,17). The number of halogens is 2. The van der Waals surface area contributed by atoms with Crippen LogP contribution in [0.25, 0.3) is 0 Å². The number of hydrazine groups is 1. The van der Waals surface area contributed by atoms with Crippen molar-refractivity contribution in [2.24, 2.45) is 5.84 Å². The average Bonchev–Trinajstić information content (AvgIpc) is 2.68. The minimum atomic E-state index is -2.63. The average molecular weight is 257 g/mol. The molecule has 0 radical (unpaired) electrons. The van der Waals surface area contributed by atoms with E-state index < -0.39 is 5.92 Å². The number of carbonyl (C=O) groups is 1. The summed E-state index contributed by atoms with van der Waals surface area (Å²) in [4.78, 5) is 18.4. The van der Waals surface area contributed by atoms with Gasteiger partial charge in [-0.15, -0.1) is 0 Å². The molecule has 0 bridgehead atoms. The molecule has 0 aromatic carbocycles.